The summed E-state index contributed by atoms with van der Waals surface area (Å²) in [5.41, 5.74) is 12.8. The molecule has 1 aliphatic heterocycles. The van der Waals surface area contributed by atoms with Gasteiger partial charge in [-0.2, -0.15) is 0 Å². The van der Waals surface area contributed by atoms with Gasteiger partial charge in [-0.3, -0.25) is 4.79 Å². The van der Waals surface area contributed by atoms with Gasteiger partial charge in [-0.05, 0) is 33.7 Å². The molecule has 3 heterocycles. The first-order valence-electron chi connectivity index (χ1n) is 9.57. The number of fused-ring (bicyclic) bond motifs is 1. The molecule has 0 aliphatic carbocycles. The number of primary amides is 1. The average molecular weight is 399 g/mol. The maximum absolute atomic E-state index is 11.2. The van der Waals surface area contributed by atoms with Crippen molar-refractivity contribution in [3.05, 3.63) is 36.0 Å². The summed E-state index contributed by atoms with van der Waals surface area (Å²) in [5, 5.41) is 0. The van der Waals surface area contributed by atoms with Crippen LogP contribution in [0.15, 0.2) is 36.0 Å². The normalized spacial score (nSPS) is 17.7. The molecule has 0 bridgehead atoms. The summed E-state index contributed by atoms with van der Waals surface area (Å²) in [7, 11) is 1.50. The van der Waals surface area contributed by atoms with Crippen LogP contribution in [0, 0.1) is 5.92 Å². The van der Waals surface area contributed by atoms with E-state index in [-0.39, 0.29) is 5.92 Å². The molecule has 9 nitrogen and oxygen atoms in total. The number of rotatable bonds is 6. The van der Waals surface area contributed by atoms with Crippen LogP contribution in [-0.4, -0.2) is 51.8 Å². The molecule has 156 valence electrons. The summed E-state index contributed by atoms with van der Waals surface area (Å²) in [6.45, 7) is 5.77. The standard InChI is InChI=1S/C19H24N6O2.CH5N/c1-13(5-6-14(2)17(20)27)8-25-12-23-16-18(21-11-22-19(16)25)24-7-3-4-15(9-24)10-26;1-2/h5-6,10-12,15H,3-4,7-9H2,1-2H3,(H2,20,27);2H2,1H3/b13-5-,14-6+;. The zero-order valence-electron chi connectivity index (χ0n) is 17.2. The summed E-state index contributed by atoms with van der Waals surface area (Å²) in [5.74, 6) is 0.382. The zero-order valence-corrected chi connectivity index (χ0v) is 17.2. The van der Waals surface area contributed by atoms with E-state index in [1.165, 1.54) is 13.4 Å². The molecule has 0 radical (unpaired) electrons. The lowest BCUT2D eigenvalue weighted by Crippen LogP contribution is -2.36. The number of carbonyl (C=O) groups is 2. The highest BCUT2D eigenvalue weighted by Crippen LogP contribution is 2.26. The van der Waals surface area contributed by atoms with Crippen molar-refractivity contribution in [2.75, 3.05) is 25.0 Å². The summed E-state index contributed by atoms with van der Waals surface area (Å²) < 4.78 is 1.95. The summed E-state index contributed by atoms with van der Waals surface area (Å²) >= 11 is 0. The molecular formula is C20H29N7O2. The molecule has 4 N–H and O–H groups in total. The van der Waals surface area contributed by atoms with Gasteiger partial charge in [-0.1, -0.05) is 17.7 Å². The minimum atomic E-state index is -0.431. The topological polar surface area (TPSA) is 133 Å². The molecule has 0 saturated carbocycles. The number of hydrogen-bond donors (Lipinski definition) is 2. The van der Waals surface area contributed by atoms with Gasteiger partial charge >= 0.3 is 0 Å². The Bertz CT molecular complexity index is 917. The molecule has 2 aromatic rings. The lowest BCUT2D eigenvalue weighted by molar-refractivity contribution is -0.114. The SMILES string of the molecule is C/C(=C/C=C(\C)C(N)=O)Cn1cnc2c(N3CCCC(C=O)C3)ncnc21.CN. The molecule has 29 heavy (non-hydrogen) atoms. The summed E-state index contributed by atoms with van der Waals surface area (Å²) in [4.78, 5) is 37.7. The highest BCUT2D eigenvalue weighted by molar-refractivity contribution is 5.91. The Morgan fingerprint density at radius 2 is 2.00 bits per heavy atom. The Balaban J connectivity index is 0.00000145. The van der Waals surface area contributed by atoms with Crippen LogP contribution in [0.4, 0.5) is 5.82 Å². The molecule has 1 unspecified atom stereocenters. The number of nitrogens with zero attached hydrogens (tertiary/aromatic N) is 5. The number of carbonyl (C=O) groups excluding carboxylic acids is 2. The highest BCUT2D eigenvalue weighted by Gasteiger charge is 2.23. The predicted octanol–water partition coefficient (Wildman–Crippen LogP) is 1.19. The lowest BCUT2D eigenvalue weighted by Gasteiger charge is -2.31. The van der Waals surface area contributed by atoms with Crippen molar-refractivity contribution in [2.24, 2.45) is 17.4 Å². The maximum Gasteiger partial charge on any atom is 0.244 e. The number of imidazole rings is 1. The fourth-order valence-electron chi connectivity index (χ4n) is 3.20. The Morgan fingerprint density at radius 3 is 2.69 bits per heavy atom. The van der Waals surface area contributed by atoms with Gasteiger partial charge in [-0.15, -0.1) is 0 Å². The first-order valence-corrected chi connectivity index (χ1v) is 9.57. The largest absolute Gasteiger partial charge is 0.366 e. The number of piperidine rings is 1. The van der Waals surface area contributed by atoms with Crippen LogP contribution in [0.3, 0.4) is 0 Å². The predicted molar refractivity (Wildman–Crippen MR) is 113 cm³/mol. The van der Waals surface area contributed by atoms with E-state index >= 15 is 0 Å². The van der Waals surface area contributed by atoms with Crippen molar-refractivity contribution in [1.82, 2.24) is 19.5 Å². The molecule has 1 saturated heterocycles. The third-order valence-electron chi connectivity index (χ3n) is 4.76. The van der Waals surface area contributed by atoms with E-state index in [1.807, 2.05) is 17.6 Å². The van der Waals surface area contributed by atoms with Crippen LogP contribution in [0.25, 0.3) is 11.2 Å². The highest BCUT2D eigenvalue weighted by atomic mass is 16.1. The Hall–Kier alpha value is -3.07. The number of hydrogen-bond acceptors (Lipinski definition) is 7. The number of amides is 1. The van der Waals surface area contributed by atoms with Crippen molar-refractivity contribution < 1.29 is 9.59 Å². The van der Waals surface area contributed by atoms with Crippen LogP contribution < -0.4 is 16.4 Å². The van der Waals surface area contributed by atoms with E-state index in [0.717, 1.165) is 48.2 Å². The van der Waals surface area contributed by atoms with Gasteiger partial charge in [0.1, 0.15) is 12.6 Å². The van der Waals surface area contributed by atoms with Crippen molar-refractivity contribution in [3.8, 4) is 0 Å². The van der Waals surface area contributed by atoms with E-state index in [1.54, 1.807) is 19.3 Å². The van der Waals surface area contributed by atoms with Gasteiger partial charge in [0.05, 0.1) is 6.33 Å². The number of anilines is 1. The maximum atomic E-state index is 11.2. The third kappa shape index (κ3) is 5.47. The van der Waals surface area contributed by atoms with Crippen molar-refractivity contribution in [3.63, 3.8) is 0 Å². The molecule has 9 heteroatoms. The van der Waals surface area contributed by atoms with Crippen LogP contribution in [0.2, 0.25) is 0 Å². The summed E-state index contributed by atoms with van der Waals surface area (Å²) in [6.07, 6.45) is 9.77. The van der Waals surface area contributed by atoms with Gasteiger partial charge in [-0.25, -0.2) is 15.0 Å². The van der Waals surface area contributed by atoms with E-state index in [0.29, 0.717) is 18.7 Å². The fraction of sp³-hybridized carbons (Fsp3) is 0.450. The van der Waals surface area contributed by atoms with E-state index < -0.39 is 5.91 Å². The molecule has 2 aromatic heterocycles. The monoisotopic (exact) mass is 399 g/mol. The zero-order chi connectivity index (χ0) is 21.4. The average Bonchev–Trinajstić information content (AvgIpc) is 3.16. The van der Waals surface area contributed by atoms with Crippen molar-refractivity contribution >= 4 is 29.2 Å². The second-order valence-corrected chi connectivity index (χ2v) is 6.95. The third-order valence-corrected chi connectivity index (χ3v) is 4.76. The molecule has 1 aliphatic rings. The van der Waals surface area contributed by atoms with Gasteiger partial charge in [0.2, 0.25) is 5.91 Å². The Kier molecular flexibility index (Phi) is 8.02. The van der Waals surface area contributed by atoms with Gasteiger partial charge < -0.3 is 25.7 Å². The van der Waals surface area contributed by atoms with Crippen LogP contribution >= 0.6 is 0 Å². The first-order chi connectivity index (χ1) is 14.0. The van der Waals surface area contributed by atoms with E-state index in [4.69, 9.17) is 5.73 Å². The summed E-state index contributed by atoms with van der Waals surface area (Å²) in [6, 6.07) is 0. The van der Waals surface area contributed by atoms with Crippen LogP contribution in [0.1, 0.15) is 26.7 Å². The van der Waals surface area contributed by atoms with Gasteiger partial charge in [0.15, 0.2) is 17.0 Å². The molecule has 1 amide bonds. The lowest BCUT2D eigenvalue weighted by atomic mass is 10.00. The van der Waals surface area contributed by atoms with Crippen molar-refractivity contribution in [1.29, 1.82) is 0 Å². The first kappa shape index (κ1) is 22.2. The minimum Gasteiger partial charge on any atom is -0.366 e. The molecule has 1 atom stereocenters. The Labute approximate surface area is 170 Å². The number of nitrogens with two attached hydrogens (primary N) is 2. The molecule has 0 aromatic carbocycles. The van der Waals surface area contributed by atoms with Crippen molar-refractivity contribution in [2.45, 2.75) is 33.2 Å². The van der Waals surface area contributed by atoms with Crippen LogP contribution in [-0.2, 0) is 16.1 Å². The smallest absolute Gasteiger partial charge is 0.244 e. The fourth-order valence-corrected chi connectivity index (χ4v) is 3.20. The van der Waals surface area contributed by atoms with E-state index in [9.17, 15) is 9.59 Å². The second-order valence-electron chi connectivity index (χ2n) is 6.95. The molecule has 0 spiro atoms. The Morgan fingerprint density at radius 1 is 1.24 bits per heavy atom. The molecular weight excluding hydrogens is 370 g/mol. The number of aldehydes is 1. The minimum absolute atomic E-state index is 0.0383. The molecule has 3 rings (SSSR count). The van der Waals surface area contributed by atoms with Gasteiger partial charge in [0, 0.05) is 31.1 Å². The van der Waals surface area contributed by atoms with E-state index in [2.05, 4.69) is 25.6 Å². The number of allylic oxidation sites excluding steroid dienone is 3. The van der Waals surface area contributed by atoms with Gasteiger partial charge in [0.25, 0.3) is 0 Å². The number of aromatic nitrogens is 4. The van der Waals surface area contributed by atoms with Crippen LogP contribution in [0.5, 0.6) is 0 Å². The quantitative estimate of drug-likeness (QED) is 0.423. The molecule has 1 fully saturated rings. The second kappa shape index (κ2) is 10.5.